The molecular weight excluding hydrogens is 368 g/mol. The number of aryl methyl sites for hydroxylation is 1. The van der Waals surface area contributed by atoms with Gasteiger partial charge in [0.25, 0.3) is 5.91 Å². The highest BCUT2D eigenvalue weighted by Crippen LogP contribution is 2.23. The average molecular weight is 397 g/mol. The smallest absolute Gasteiger partial charge is 0.338 e. The summed E-state index contributed by atoms with van der Waals surface area (Å²) in [4.78, 5) is 26.5. The number of likely N-dealkylation sites (N-methyl/N-ethyl adjacent to an activating group) is 1. The van der Waals surface area contributed by atoms with Crippen molar-refractivity contribution in [2.45, 2.75) is 63.8 Å². The van der Waals surface area contributed by atoms with Crippen molar-refractivity contribution in [3.8, 4) is 0 Å². The zero-order valence-corrected chi connectivity index (χ0v) is 17.0. The second-order valence-corrected chi connectivity index (χ2v) is 8.54. The number of amides is 1. The van der Waals surface area contributed by atoms with Crippen LogP contribution in [0.2, 0.25) is 0 Å². The molecule has 0 saturated heterocycles. The number of esters is 1. The van der Waals surface area contributed by atoms with Gasteiger partial charge >= 0.3 is 5.97 Å². The molecule has 0 heterocycles. The maximum absolute atomic E-state index is 12.5. The summed E-state index contributed by atoms with van der Waals surface area (Å²) in [6, 6.07) is 2.93. The Labute approximate surface area is 160 Å². The molecule has 0 unspecified atom stereocenters. The van der Waals surface area contributed by atoms with Crippen LogP contribution in [0.15, 0.2) is 17.0 Å². The zero-order valence-electron chi connectivity index (χ0n) is 16.2. The molecule has 150 valence electrons. The fraction of sp³-hybridized carbons (Fsp3) is 0.579. The molecule has 0 radical (unpaired) electrons. The molecule has 2 N–H and O–H groups in total. The molecule has 1 fully saturated rings. The van der Waals surface area contributed by atoms with Crippen molar-refractivity contribution in [1.29, 1.82) is 0 Å². The molecule has 1 aliphatic carbocycles. The van der Waals surface area contributed by atoms with Crippen LogP contribution in [-0.4, -0.2) is 44.4 Å². The maximum Gasteiger partial charge on any atom is 0.338 e. The van der Waals surface area contributed by atoms with Crippen LogP contribution >= 0.6 is 0 Å². The molecule has 0 aliphatic heterocycles. The van der Waals surface area contributed by atoms with E-state index < -0.39 is 16.0 Å². The van der Waals surface area contributed by atoms with Gasteiger partial charge in [-0.15, -0.1) is 0 Å². The van der Waals surface area contributed by atoms with Crippen LogP contribution in [0.5, 0.6) is 0 Å². The van der Waals surface area contributed by atoms with Gasteiger partial charge in [0.05, 0.1) is 10.5 Å². The molecule has 0 spiro atoms. The Morgan fingerprint density at radius 1 is 1.19 bits per heavy atom. The van der Waals surface area contributed by atoms with Crippen LogP contribution < -0.4 is 5.14 Å². The minimum atomic E-state index is -3.96. The van der Waals surface area contributed by atoms with Crippen molar-refractivity contribution in [2.24, 2.45) is 5.14 Å². The summed E-state index contributed by atoms with van der Waals surface area (Å²) in [7, 11) is -3.96. The maximum atomic E-state index is 12.5. The summed E-state index contributed by atoms with van der Waals surface area (Å²) in [5, 5.41) is 5.22. The fourth-order valence-corrected chi connectivity index (χ4v) is 4.44. The van der Waals surface area contributed by atoms with Gasteiger partial charge in [-0.05, 0) is 56.9 Å². The molecule has 27 heavy (non-hydrogen) atoms. The van der Waals surface area contributed by atoms with Crippen molar-refractivity contribution in [3.63, 3.8) is 0 Å². The lowest BCUT2D eigenvalue weighted by atomic mass is 9.94. The van der Waals surface area contributed by atoms with Crippen LogP contribution in [0, 0.1) is 13.8 Å². The largest absolute Gasteiger partial charge is 0.452 e. The van der Waals surface area contributed by atoms with Crippen LogP contribution in [0.1, 0.15) is 60.5 Å². The number of hydrogen-bond acceptors (Lipinski definition) is 5. The summed E-state index contributed by atoms with van der Waals surface area (Å²) in [5.41, 5.74) is 1.16. The quantitative estimate of drug-likeness (QED) is 0.743. The van der Waals surface area contributed by atoms with Gasteiger partial charge in [0.1, 0.15) is 0 Å². The first kappa shape index (κ1) is 21.4. The molecule has 1 aromatic carbocycles. The number of rotatable bonds is 6. The van der Waals surface area contributed by atoms with Crippen molar-refractivity contribution in [3.05, 3.63) is 28.8 Å². The number of carbonyl (C=O) groups excluding carboxylic acids is 2. The van der Waals surface area contributed by atoms with Gasteiger partial charge in [0.2, 0.25) is 10.0 Å². The van der Waals surface area contributed by atoms with E-state index in [1.807, 2.05) is 6.92 Å². The van der Waals surface area contributed by atoms with Gasteiger partial charge in [-0.2, -0.15) is 0 Å². The number of nitrogens with two attached hydrogens (primary N) is 1. The predicted octanol–water partition coefficient (Wildman–Crippen LogP) is 2.29. The highest BCUT2D eigenvalue weighted by Gasteiger charge is 2.25. The Morgan fingerprint density at radius 3 is 2.37 bits per heavy atom. The lowest BCUT2D eigenvalue weighted by Crippen LogP contribution is -2.43. The van der Waals surface area contributed by atoms with Crippen LogP contribution in [0.4, 0.5) is 0 Å². The Hall–Kier alpha value is -1.93. The second-order valence-electron chi connectivity index (χ2n) is 7.01. The van der Waals surface area contributed by atoms with E-state index in [1.54, 1.807) is 18.7 Å². The van der Waals surface area contributed by atoms with E-state index in [2.05, 4.69) is 0 Å². The first-order valence-electron chi connectivity index (χ1n) is 9.25. The molecule has 1 amide bonds. The van der Waals surface area contributed by atoms with Crippen LogP contribution in [0.25, 0.3) is 0 Å². The molecule has 7 nitrogen and oxygen atoms in total. The third kappa shape index (κ3) is 5.29. The highest BCUT2D eigenvalue weighted by atomic mass is 32.2. The topological polar surface area (TPSA) is 107 Å². The number of primary sulfonamides is 1. The third-order valence-corrected chi connectivity index (χ3v) is 6.20. The van der Waals surface area contributed by atoms with Gasteiger partial charge in [-0.25, -0.2) is 18.4 Å². The van der Waals surface area contributed by atoms with Crippen molar-refractivity contribution in [1.82, 2.24) is 4.90 Å². The lowest BCUT2D eigenvalue weighted by molar-refractivity contribution is -0.137. The normalized spacial score (nSPS) is 15.4. The van der Waals surface area contributed by atoms with E-state index in [-0.39, 0.29) is 29.0 Å². The van der Waals surface area contributed by atoms with E-state index in [1.165, 1.54) is 18.6 Å². The Kier molecular flexibility index (Phi) is 7.00. The number of nitrogens with zero attached hydrogens (tertiary/aromatic N) is 1. The van der Waals surface area contributed by atoms with Crippen molar-refractivity contribution < 1.29 is 22.7 Å². The average Bonchev–Trinajstić information content (AvgIpc) is 2.62. The van der Waals surface area contributed by atoms with Crippen LogP contribution in [0.3, 0.4) is 0 Å². The van der Waals surface area contributed by atoms with E-state index >= 15 is 0 Å². The fourth-order valence-electron chi connectivity index (χ4n) is 3.56. The Bertz CT molecular complexity index is 814. The monoisotopic (exact) mass is 396 g/mol. The molecule has 1 aromatic rings. The van der Waals surface area contributed by atoms with Gasteiger partial charge in [-0.1, -0.05) is 19.3 Å². The third-order valence-electron chi connectivity index (χ3n) is 5.17. The first-order chi connectivity index (χ1) is 12.6. The standard InChI is InChI=1S/C19H28N2O5S/c1-4-21(16-8-6-5-7-9-16)18(22)12-26-19(23)15-10-13(2)14(3)17(11-15)27(20,24)25/h10-11,16H,4-9,12H2,1-3H3,(H2,20,24,25). The number of carbonyl (C=O) groups is 2. The van der Waals surface area contributed by atoms with Crippen molar-refractivity contribution in [2.75, 3.05) is 13.2 Å². The Balaban J connectivity index is 2.08. The molecule has 0 atom stereocenters. The molecule has 0 aromatic heterocycles. The molecule has 1 saturated carbocycles. The number of hydrogen-bond donors (Lipinski definition) is 1. The summed E-state index contributed by atoms with van der Waals surface area (Å²) >= 11 is 0. The minimum Gasteiger partial charge on any atom is -0.452 e. The van der Waals surface area contributed by atoms with Gasteiger partial charge < -0.3 is 9.64 Å². The lowest BCUT2D eigenvalue weighted by Gasteiger charge is -2.33. The summed E-state index contributed by atoms with van der Waals surface area (Å²) in [6.07, 6.45) is 5.35. The van der Waals surface area contributed by atoms with Crippen molar-refractivity contribution >= 4 is 21.9 Å². The number of ether oxygens (including phenoxy) is 1. The van der Waals surface area contributed by atoms with E-state index in [4.69, 9.17) is 9.88 Å². The summed E-state index contributed by atoms with van der Waals surface area (Å²) in [6.45, 7) is 5.43. The number of benzene rings is 1. The minimum absolute atomic E-state index is 0.0654. The summed E-state index contributed by atoms with van der Waals surface area (Å²) in [5.74, 6) is -0.968. The predicted molar refractivity (Wildman–Crippen MR) is 102 cm³/mol. The zero-order chi connectivity index (χ0) is 20.2. The van der Waals surface area contributed by atoms with Crippen LogP contribution in [-0.2, 0) is 19.6 Å². The van der Waals surface area contributed by atoms with E-state index in [0.717, 1.165) is 25.7 Å². The van der Waals surface area contributed by atoms with E-state index in [9.17, 15) is 18.0 Å². The SMILES string of the molecule is CCN(C(=O)COC(=O)c1cc(C)c(C)c(S(N)(=O)=O)c1)C1CCCCC1. The molecule has 8 heteroatoms. The highest BCUT2D eigenvalue weighted by molar-refractivity contribution is 7.89. The van der Waals surface area contributed by atoms with E-state index in [0.29, 0.717) is 17.7 Å². The number of sulfonamides is 1. The Morgan fingerprint density at radius 2 is 1.81 bits per heavy atom. The second kappa shape index (κ2) is 8.84. The molecule has 2 rings (SSSR count). The van der Waals surface area contributed by atoms with Gasteiger partial charge in [0, 0.05) is 12.6 Å². The van der Waals surface area contributed by atoms with Gasteiger partial charge in [-0.3, -0.25) is 4.79 Å². The molecule has 0 bridgehead atoms. The van der Waals surface area contributed by atoms with Gasteiger partial charge in [0.15, 0.2) is 6.61 Å². The molecular formula is C19H28N2O5S. The summed E-state index contributed by atoms with van der Waals surface area (Å²) < 4.78 is 28.6. The first-order valence-corrected chi connectivity index (χ1v) is 10.8. The molecule has 1 aliphatic rings.